The summed E-state index contributed by atoms with van der Waals surface area (Å²) in [5.74, 6) is 0.196. The molecule has 0 radical (unpaired) electrons. The van der Waals surface area contributed by atoms with Crippen molar-refractivity contribution in [1.29, 1.82) is 0 Å². The Labute approximate surface area is 221 Å². The predicted octanol–water partition coefficient (Wildman–Crippen LogP) is 3.73. The number of nitrogens with zero attached hydrogens (tertiary/aromatic N) is 1. The van der Waals surface area contributed by atoms with Crippen molar-refractivity contribution in [3.63, 3.8) is 0 Å². The maximum Gasteiger partial charge on any atom is 0.253 e. The third-order valence-electron chi connectivity index (χ3n) is 5.40. The van der Waals surface area contributed by atoms with Crippen LogP contribution >= 0.6 is 11.6 Å². The Bertz CT molecular complexity index is 1380. The molecule has 0 aromatic heterocycles. The van der Waals surface area contributed by atoms with Gasteiger partial charge in [-0.25, -0.2) is 8.42 Å². The number of carbonyl (C=O) groups excluding carboxylic acids is 2. The van der Waals surface area contributed by atoms with Gasteiger partial charge in [-0.1, -0.05) is 41.9 Å². The molecule has 3 rings (SSSR count). The smallest absolute Gasteiger partial charge is 0.253 e. The molecule has 0 spiro atoms. The monoisotopic (exact) mass is 545 g/mol. The number of hydrogen-bond donors (Lipinski definition) is 2. The van der Waals surface area contributed by atoms with Gasteiger partial charge < -0.3 is 20.1 Å². The van der Waals surface area contributed by atoms with Crippen LogP contribution in [0.4, 0.5) is 11.4 Å². The second kappa shape index (κ2) is 12.5. The van der Waals surface area contributed by atoms with Gasteiger partial charge in [0, 0.05) is 6.54 Å². The SMILES string of the molecule is COc1ccc(CCNC(=O)c2ccccc2NC(=O)CN(c2ccccc2Cl)S(C)(=O)=O)cc1OC. The lowest BCUT2D eigenvalue weighted by atomic mass is 10.1. The van der Waals surface area contributed by atoms with Crippen molar-refractivity contribution in [3.05, 3.63) is 82.9 Å². The molecular formula is C26H28ClN3O6S. The number of rotatable bonds is 11. The quantitative estimate of drug-likeness (QED) is 0.379. The van der Waals surface area contributed by atoms with Crippen LogP contribution in [0.2, 0.25) is 5.02 Å². The third kappa shape index (κ3) is 7.37. The lowest BCUT2D eigenvalue weighted by Crippen LogP contribution is -2.38. The number of sulfonamides is 1. The predicted molar refractivity (Wildman–Crippen MR) is 144 cm³/mol. The van der Waals surface area contributed by atoms with E-state index < -0.39 is 22.5 Å². The Kier molecular flexibility index (Phi) is 9.37. The number of nitrogens with one attached hydrogen (secondary N) is 2. The van der Waals surface area contributed by atoms with E-state index in [9.17, 15) is 18.0 Å². The minimum Gasteiger partial charge on any atom is -0.493 e. The van der Waals surface area contributed by atoms with Crippen molar-refractivity contribution >= 4 is 44.8 Å². The highest BCUT2D eigenvalue weighted by Crippen LogP contribution is 2.28. The summed E-state index contributed by atoms with van der Waals surface area (Å²) in [5, 5.41) is 5.67. The van der Waals surface area contributed by atoms with Gasteiger partial charge in [-0.15, -0.1) is 0 Å². The second-order valence-corrected chi connectivity index (χ2v) is 10.3. The van der Waals surface area contributed by atoms with Crippen LogP contribution in [-0.4, -0.2) is 53.8 Å². The number of amides is 2. The van der Waals surface area contributed by atoms with Gasteiger partial charge >= 0.3 is 0 Å². The summed E-state index contributed by atoms with van der Waals surface area (Å²) < 4.78 is 36.2. The molecule has 3 aromatic rings. The highest BCUT2D eigenvalue weighted by molar-refractivity contribution is 7.92. The molecule has 0 aliphatic rings. The molecule has 2 amide bonds. The lowest BCUT2D eigenvalue weighted by molar-refractivity contribution is -0.114. The van der Waals surface area contributed by atoms with E-state index in [0.29, 0.717) is 24.5 Å². The number of carbonyl (C=O) groups is 2. The number of para-hydroxylation sites is 2. The Hall–Kier alpha value is -3.76. The Morgan fingerprint density at radius 3 is 2.30 bits per heavy atom. The number of ether oxygens (including phenoxy) is 2. The average molecular weight is 546 g/mol. The molecular weight excluding hydrogens is 518 g/mol. The van der Waals surface area contributed by atoms with E-state index in [0.717, 1.165) is 16.1 Å². The van der Waals surface area contributed by atoms with E-state index in [2.05, 4.69) is 10.6 Å². The summed E-state index contributed by atoms with van der Waals surface area (Å²) in [5.41, 5.74) is 1.62. The molecule has 0 unspecified atom stereocenters. The summed E-state index contributed by atoms with van der Waals surface area (Å²) in [6.07, 6.45) is 1.53. The van der Waals surface area contributed by atoms with Gasteiger partial charge in [0.1, 0.15) is 6.54 Å². The zero-order chi connectivity index (χ0) is 27.0. The fraction of sp³-hybridized carbons (Fsp3) is 0.231. The van der Waals surface area contributed by atoms with Gasteiger partial charge in [0.2, 0.25) is 15.9 Å². The van der Waals surface area contributed by atoms with Crippen molar-refractivity contribution in [2.24, 2.45) is 0 Å². The van der Waals surface area contributed by atoms with Gasteiger partial charge in [0.15, 0.2) is 11.5 Å². The molecule has 0 heterocycles. The van der Waals surface area contributed by atoms with Crippen molar-refractivity contribution in [1.82, 2.24) is 5.32 Å². The van der Waals surface area contributed by atoms with Gasteiger partial charge in [0.25, 0.3) is 5.91 Å². The van der Waals surface area contributed by atoms with E-state index in [1.807, 2.05) is 12.1 Å². The topological polar surface area (TPSA) is 114 Å². The van der Waals surface area contributed by atoms with Gasteiger partial charge in [0.05, 0.1) is 42.4 Å². The van der Waals surface area contributed by atoms with Crippen molar-refractivity contribution in [2.45, 2.75) is 6.42 Å². The molecule has 196 valence electrons. The van der Waals surface area contributed by atoms with Crippen molar-refractivity contribution in [2.75, 3.05) is 43.2 Å². The number of methoxy groups -OCH3 is 2. The van der Waals surface area contributed by atoms with Crippen LogP contribution in [0.5, 0.6) is 11.5 Å². The molecule has 0 fully saturated rings. The van der Waals surface area contributed by atoms with Crippen LogP contribution in [0.3, 0.4) is 0 Å². The zero-order valence-corrected chi connectivity index (χ0v) is 22.2. The van der Waals surface area contributed by atoms with E-state index in [1.165, 1.54) is 12.1 Å². The summed E-state index contributed by atoms with van der Waals surface area (Å²) in [6, 6.07) is 18.3. The summed E-state index contributed by atoms with van der Waals surface area (Å²) in [4.78, 5) is 25.7. The fourth-order valence-corrected chi connectivity index (χ4v) is 4.75. The summed E-state index contributed by atoms with van der Waals surface area (Å²) in [7, 11) is -0.697. The first-order valence-electron chi connectivity index (χ1n) is 11.2. The first kappa shape index (κ1) is 27.8. The Morgan fingerprint density at radius 1 is 0.946 bits per heavy atom. The van der Waals surface area contributed by atoms with Gasteiger partial charge in [-0.3, -0.25) is 13.9 Å². The van der Waals surface area contributed by atoms with E-state index >= 15 is 0 Å². The van der Waals surface area contributed by atoms with Gasteiger partial charge in [-0.2, -0.15) is 0 Å². The lowest BCUT2D eigenvalue weighted by Gasteiger charge is -2.23. The number of hydrogen-bond acceptors (Lipinski definition) is 6. The van der Waals surface area contributed by atoms with Crippen molar-refractivity contribution in [3.8, 4) is 11.5 Å². The molecule has 37 heavy (non-hydrogen) atoms. The van der Waals surface area contributed by atoms with Crippen molar-refractivity contribution < 1.29 is 27.5 Å². The average Bonchev–Trinajstić information content (AvgIpc) is 2.87. The molecule has 0 bridgehead atoms. The Morgan fingerprint density at radius 2 is 1.62 bits per heavy atom. The first-order valence-corrected chi connectivity index (χ1v) is 13.5. The standard InChI is InChI=1S/C26H28ClN3O6S/c1-35-23-13-12-18(16-24(23)36-2)14-15-28-26(32)19-8-4-6-10-21(19)29-25(31)17-30(37(3,33)34)22-11-7-5-9-20(22)27/h4-13,16H,14-15,17H2,1-3H3,(H,28,32)(H,29,31). The summed E-state index contributed by atoms with van der Waals surface area (Å²) >= 11 is 6.16. The van der Waals surface area contributed by atoms with E-state index in [4.69, 9.17) is 21.1 Å². The molecule has 2 N–H and O–H groups in total. The molecule has 0 atom stereocenters. The highest BCUT2D eigenvalue weighted by Gasteiger charge is 2.23. The van der Waals surface area contributed by atoms with Crippen LogP contribution in [0.25, 0.3) is 0 Å². The number of benzene rings is 3. The Balaban J connectivity index is 1.67. The largest absolute Gasteiger partial charge is 0.493 e. The zero-order valence-electron chi connectivity index (χ0n) is 20.7. The van der Waals surface area contributed by atoms with Crippen LogP contribution in [0.15, 0.2) is 66.7 Å². The van der Waals surface area contributed by atoms with E-state index in [-0.39, 0.29) is 27.9 Å². The maximum atomic E-state index is 12.9. The number of anilines is 2. The van der Waals surface area contributed by atoms with Crippen LogP contribution in [0.1, 0.15) is 15.9 Å². The van der Waals surface area contributed by atoms with Gasteiger partial charge in [-0.05, 0) is 48.4 Å². The molecule has 0 aliphatic carbocycles. The first-order chi connectivity index (χ1) is 17.6. The van der Waals surface area contributed by atoms with Crippen LogP contribution in [-0.2, 0) is 21.2 Å². The highest BCUT2D eigenvalue weighted by atomic mass is 35.5. The summed E-state index contributed by atoms with van der Waals surface area (Å²) in [6.45, 7) is -0.178. The number of halogens is 1. The van der Waals surface area contributed by atoms with Crippen LogP contribution < -0.4 is 24.4 Å². The molecule has 0 aliphatic heterocycles. The second-order valence-electron chi connectivity index (χ2n) is 8.01. The minimum atomic E-state index is -3.81. The maximum absolute atomic E-state index is 12.9. The molecule has 9 nitrogen and oxygen atoms in total. The van der Waals surface area contributed by atoms with Crippen LogP contribution in [0, 0.1) is 0 Å². The minimum absolute atomic E-state index is 0.183. The fourth-order valence-electron chi connectivity index (χ4n) is 3.60. The molecule has 0 saturated carbocycles. The van der Waals surface area contributed by atoms with E-state index in [1.54, 1.807) is 56.7 Å². The normalized spacial score (nSPS) is 10.9. The third-order valence-corrected chi connectivity index (χ3v) is 6.85. The molecule has 11 heteroatoms. The molecule has 0 saturated heterocycles. The molecule has 3 aromatic carbocycles.